The lowest BCUT2D eigenvalue weighted by molar-refractivity contribution is -0.147. The van der Waals surface area contributed by atoms with Crippen LogP contribution in [0.2, 0.25) is 0 Å². The normalized spacial score (nSPS) is 14.5. The van der Waals surface area contributed by atoms with Gasteiger partial charge in [0.15, 0.2) is 0 Å². The van der Waals surface area contributed by atoms with Crippen molar-refractivity contribution in [3.63, 3.8) is 0 Å². The van der Waals surface area contributed by atoms with E-state index in [-0.39, 0.29) is 31.8 Å². The van der Waals surface area contributed by atoms with Gasteiger partial charge in [-0.05, 0) is 56.9 Å². The fourth-order valence-electron chi connectivity index (χ4n) is 3.53. The average molecular weight is 475 g/mol. The Kier molecular flexibility index (Phi) is 10.8. The molecule has 0 bridgehead atoms. The number of aliphatic carboxylic acids is 1. The number of carbonyl (C=O) groups is 4. The second-order valence-electron chi connectivity index (χ2n) is 7.73. The summed E-state index contributed by atoms with van der Waals surface area (Å²) in [6.45, 7) is 2.61. The molecule has 1 atom stereocenters. The number of piperidine rings is 1. The van der Waals surface area contributed by atoms with Gasteiger partial charge in [-0.2, -0.15) is 5.26 Å². The molecule has 0 aliphatic carbocycles. The fraction of sp³-hybridized carbons (Fsp3) is 0.522. The van der Waals surface area contributed by atoms with E-state index in [9.17, 15) is 19.2 Å². The van der Waals surface area contributed by atoms with E-state index < -0.39 is 24.0 Å². The zero-order valence-corrected chi connectivity index (χ0v) is 19.1. The number of carboxylic acid groups (broad SMARTS) is 1. The number of benzene rings is 1. The first-order valence-electron chi connectivity index (χ1n) is 11.2. The molecule has 1 aromatic rings. The Labute approximate surface area is 198 Å². The van der Waals surface area contributed by atoms with Crippen LogP contribution in [0.3, 0.4) is 0 Å². The molecular weight excluding hydrogens is 444 g/mol. The highest BCUT2D eigenvalue weighted by Crippen LogP contribution is 2.16. The van der Waals surface area contributed by atoms with Gasteiger partial charge in [0, 0.05) is 25.2 Å². The van der Waals surface area contributed by atoms with E-state index in [1.807, 2.05) is 6.07 Å². The molecule has 1 fully saturated rings. The number of likely N-dealkylation sites (tertiary alicyclic amines) is 1. The lowest BCUT2D eigenvalue weighted by Gasteiger charge is -2.34. The standard InChI is InChI=1S/C23H30N4O7/c1-2-33-23(32)25-11-3-4-19(26-21(30)17-7-5-16(14-24)6-8-17)22(31)27-12-9-18(10-13-27)34-15-20(28)29/h5-8,18-19H,2-4,9-13,15H2,1H3,(H,25,32)(H,26,30)(H,28,29)/t19-/m0/s1. The molecule has 2 rings (SSSR count). The van der Waals surface area contributed by atoms with Crippen LogP contribution in [0.1, 0.15) is 48.5 Å². The number of carboxylic acids is 1. The largest absolute Gasteiger partial charge is 0.480 e. The Balaban J connectivity index is 1.98. The first-order chi connectivity index (χ1) is 16.3. The molecule has 3 amide bonds. The Hall–Kier alpha value is -3.65. The average Bonchev–Trinajstić information content (AvgIpc) is 2.84. The van der Waals surface area contributed by atoms with Crippen molar-refractivity contribution in [1.82, 2.24) is 15.5 Å². The van der Waals surface area contributed by atoms with Gasteiger partial charge < -0.3 is 30.1 Å². The predicted octanol–water partition coefficient (Wildman–Crippen LogP) is 1.28. The Bertz CT molecular complexity index is 890. The molecule has 0 saturated carbocycles. The molecule has 1 aliphatic heterocycles. The summed E-state index contributed by atoms with van der Waals surface area (Å²) < 4.78 is 10.1. The van der Waals surface area contributed by atoms with E-state index >= 15 is 0 Å². The van der Waals surface area contributed by atoms with E-state index in [0.717, 1.165) is 0 Å². The second kappa shape index (κ2) is 13.8. The summed E-state index contributed by atoms with van der Waals surface area (Å²) in [4.78, 5) is 49.7. The number of hydrogen-bond acceptors (Lipinski definition) is 7. The number of nitrogens with zero attached hydrogens (tertiary/aromatic N) is 2. The minimum Gasteiger partial charge on any atom is -0.480 e. The SMILES string of the molecule is CCOC(=O)NCCC[C@H](NC(=O)c1ccc(C#N)cc1)C(=O)N1CCC(OCC(=O)O)CC1. The van der Waals surface area contributed by atoms with Gasteiger partial charge in [-0.25, -0.2) is 9.59 Å². The number of amides is 3. The maximum atomic E-state index is 13.2. The van der Waals surface area contributed by atoms with Crippen LogP contribution in [-0.2, 0) is 19.1 Å². The summed E-state index contributed by atoms with van der Waals surface area (Å²) in [5.74, 6) is -1.74. The van der Waals surface area contributed by atoms with E-state index in [4.69, 9.17) is 19.8 Å². The number of alkyl carbamates (subject to hydrolysis) is 1. The summed E-state index contributed by atoms with van der Waals surface area (Å²) in [7, 11) is 0. The molecule has 11 heteroatoms. The summed E-state index contributed by atoms with van der Waals surface area (Å²) in [5, 5.41) is 23.0. The summed E-state index contributed by atoms with van der Waals surface area (Å²) >= 11 is 0. The summed E-state index contributed by atoms with van der Waals surface area (Å²) in [6.07, 6.45) is 0.944. The lowest BCUT2D eigenvalue weighted by atomic mass is 10.0. The zero-order chi connectivity index (χ0) is 24.9. The van der Waals surface area contributed by atoms with Crippen molar-refractivity contribution >= 4 is 23.9 Å². The van der Waals surface area contributed by atoms with Crippen molar-refractivity contribution in [2.45, 2.75) is 44.8 Å². The van der Waals surface area contributed by atoms with Crippen LogP contribution in [0.5, 0.6) is 0 Å². The van der Waals surface area contributed by atoms with Crippen LogP contribution in [0.4, 0.5) is 4.79 Å². The molecule has 0 radical (unpaired) electrons. The molecule has 34 heavy (non-hydrogen) atoms. The second-order valence-corrected chi connectivity index (χ2v) is 7.73. The van der Waals surface area contributed by atoms with Crippen LogP contribution in [0, 0.1) is 11.3 Å². The van der Waals surface area contributed by atoms with Gasteiger partial charge in [0.25, 0.3) is 5.91 Å². The molecule has 184 valence electrons. The van der Waals surface area contributed by atoms with Gasteiger partial charge in [-0.3, -0.25) is 9.59 Å². The number of carbonyl (C=O) groups excluding carboxylic acids is 3. The topological polar surface area (TPSA) is 158 Å². The van der Waals surface area contributed by atoms with Gasteiger partial charge >= 0.3 is 12.1 Å². The monoisotopic (exact) mass is 474 g/mol. The highest BCUT2D eigenvalue weighted by Gasteiger charge is 2.30. The van der Waals surface area contributed by atoms with Crippen LogP contribution in [0.15, 0.2) is 24.3 Å². The minimum atomic E-state index is -1.04. The molecule has 3 N–H and O–H groups in total. The molecule has 1 aromatic carbocycles. The summed E-state index contributed by atoms with van der Waals surface area (Å²) in [6, 6.07) is 7.25. The zero-order valence-electron chi connectivity index (χ0n) is 19.1. The number of rotatable bonds is 11. The smallest absolute Gasteiger partial charge is 0.407 e. The summed E-state index contributed by atoms with van der Waals surface area (Å²) in [5.41, 5.74) is 0.740. The van der Waals surface area contributed by atoms with E-state index in [1.54, 1.807) is 11.8 Å². The quantitative estimate of drug-likeness (QED) is 0.405. The van der Waals surface area contributed by atoms with E-state index in [2.05, 4.69) is 10.6 Å². The number of nitrogens with one attached hydrogen (secondary N) is 2. The molecule has 0 aromatic heterocycles. The molecular formula is C23H30N4O7. The van der Waals surface area contributed by atoms with Crippen molar-refractivity contribution in [1.29, 1.82) is 5.26 Å². The van der Waals surface area contributed by atoms with Crippen molar-refractivity contribution in [2.24, 2.45) is 0 Å². The molecule has 1 aliphatic rings. The fourth-order valence-corrected chi connectivity index (χ4v) is 3.53. The highest BCUT2D eigenvalue weighted by molar-refractivity contribution is 5.97. The maximum Gasteiger partial charge on any atom is 0.407 e. The van der Waals surface area contributed by atoms with Gasteiger partial charge in [0.1, 0.15) is 12.6 Å². The number of nitriles is 1. The minimum absolute atomic E-state index is 0.236. The van der Waals surface area contributed by atoms with Gasteiger partial charge in [-0.15, -0.1) is 0 Å². The van der Waals surface area contributed by atoms with Crippen molar-refractivity contribution < 1.29 is 33.8 Å². The molecule has 0 spiro atoms. The number of ether oxygens (including phenoxy) is 2. The van der Waals surface area contributed by atoms with Crippen molar-refractivity contribution in [3.8, 4) is 6.07 Å². The lowest BCUT2D eigenvalue weighted by Crippen LogP contribution is -2.51. The Morgan fingerprint density at radius 1 is 1.21 bits per heavy atom. The predicted molar refractivity (Wildman–Crippen MR) is 120 cm³/mol. The van der Waals surface area contributed by atoms with Crippen LogP contribution in [-0.4, -0.2) is 78.9 Å². The Morgan fingerprint density at radius 2 is 1.88 bits per heavy atom. The third-order valence-electron chi connectivity index (χ3n) is 5.29. The molecule has 1 heterocycles. The number of hydrogen-bond donors (Lipinski definition) is 3. The van der Waals surface area contributed by atoms with Crippen molar-refractivity contribution in [2.75, 3.05) is 32.8 Å². The van der Waals surface area contributed by atoms with E-state index in [0.29, 0.717) is 49.9 Å². The molecule has 11 nitrogen and oxygen atoms in total. The van der Waals surface area contributed by atoms with Crippen LogP contribution < -0.4 is 10.6 Å². The molecule has 0 unspecified atom stereocenters. The highest BCUT2D eigenvalue weighted by atomic mass is 16.5. The third kappa shape index (κ3) is 8.71. The van der Waals surface area contributed by atoms with Crippen LogP contribution >= 0.6 is 0 Å². The third-order valence-corrected chi connectivity index (χ3v) is 5.29. The Morgan fingerprint density at radius 3 is 2.47 bits per heavy atom. The maximum absolute atomic E-state index is 13.2. The van der Waals surface area contributed by atoms with Crippen LogP contribution in [0.25, 0.3) is 0 Å². The van der Waals surface area contributed by atoms with Crippen molar-refractivity contribution in [3.05, 3.63) is 35.4 Å². The molecule has 1 saturated heterocycles. The first kappa shape index (κ1) is 26.6. The van der Waals surface area contributed by atoms with E-state index in [1.165, 1.54) is 24.3 Å². The van der Waals surface area contributed by atoms with Gasteiger partial charge in [0.2, 0.25) is 5.91 Å². The first-order valence-corrected chi connectivity index (χ1v) is 11.2. The van der Waals surface area contributed by atoms with Gasteiger partial charge in [-0.1, -0.05) is 0 Å². The van der Waals surface area contributed by atoms with Gasteiger partial charge in [0.05, 0.1) is 24.3 Å².